The summed E-state index contributed by atoms with van der Waals surface area (Å²) in [6.07, 6.45) is 0. The zero-order valence-corrected chi connectivity index (χ0v) is 9.52. The highest BCUT2D eigenvalue weighted by atomic mass is 79.9. The van der Waals surface area contributed by atoms with Crippen LogP contribution in [0.5, 0.6) is 0 Å². The second-order valence-corrected chi connectivity index (χ2v) is 4.00. The molecule has 0 spiro atoms. The first-order valence-corrected chi connectivity index (χ1v) is 4.92. The number of hydrogen-bond donors (Lipinski definition) is 0. The van der Waals surface area contributed by atoms with Gasteiger partial charge in [-0.2, -0.15) is 0 Å². The van der Waals surface area contributed by atoms with Crippen molar-refractivity contribution < 1.29 is 0 Å². The minimum atomic E-state index is 0.504. The summed E-state index contributed by atoms with van der Waals surface area (Å²) >= 11 is 9.37. The molecule has 0 amide bonds. The lowest BCUT2D eigenvalue weighted by Gasteiger charge is -1.98. The second-order valence-electron chi connectivity index (χ2n) is 2.82. The zero-order valence-electron chi connectivity index (χ0n) is 7.17. The molecular weight excluding hydrogens is 253 g/mol. The number of nitrogens with zero attached hydrogens (tertiary/aromatic N) is 3. The van der Waals surface area contributed by atoms with Crippen molar-refractivity contribution in [2.24, 2.45) is 7.05 Å². The molecule has 3 nitrogen and oxygen atoms in total. The summed E-state index contributed by atoms with van der Waals surface area (Å²) in [5, 5.41) is 1.38. The summed E-state index contributed by atoms with van der Waals surface area (Å²) in [5.41, 5.74) is 0.851. The zero-order chi connectivity index (χ0) is 9.59. The van der Waals surface area contributed by atoms with Crippen molar-refractivity contribution in [1.29, 1.82) is 0 Å². The maximum Gasteiger partial charge on any atom is 0.145 e. The molecule has 68 valence electrons. The molecule has 0 saturated carbocycles. The van der Waals surface area contributed by atoms with Gasteiger partial charge in [0.2, 0.25) is 0 Å². The third kappa shape index (κ3) is 1.34. The van der Waals surface area contributed by atoms with E-state index >= 15 is 0 Å². The summed E-state index contributed by atoms with van der Waals surface area (Å²) in [6.45, 7) is 1.83. The lowest BCUT2D eigenvalue weighted by molar-refractivity contribution is 0.910. The third-order valence-electron chi connectivity index (χ3n) is 1.89. The van der Waals surface area contributed by atoms with Crippen molar-refractivity contribution in [3.63, 3.8) is 0 Å². The van der Waals surface area contributed by atoms with Gasteiger partial charge in [-0.3, -0.25) is 0 Å². The van der Waals surface area contributed by atoms with Crippen LogP contribution in [0.1, 0.15) is 5.82 Å². The monoisotopic (exact) mass is 259 g/mol. The highest BCUT2D eigenvalue weighted by molar-refractivity contribution is 9.10. The fourth-order valence-electron chi connectivity index (χ4n) is 1.23. The normalized spacial score (nSPS) is 11.1. The number of rotatable bonds is 0. The van der Waals surface area contributed by atoms with Gasteiger partial charge in [-0.25, -0.2) is 9.97 Å². The van der Waals surface area contributed by atoms with Crippen LogP contribution in [0.15, 0.2) is 10.7 Å². The fourth-order valence-corrected chi connectivity index (χ4v) is 1.89. The highest BCUT2D eigenvalue weighted by Gasteiger charge is 2.09. The first kappa shape index (κ1) is 8.97. The van der Waals surface area contributed by atoms with Crippen molar-refractivity contribution in [3.05, 3.63) is 21.6 Å². The molecular formula is C8H7BrClN3. The molecule has 2 aromatic rings. The van der Waals surface area contributed by atoms with Gasteiger partial charge in [0.1, 0.15) is 16.6 Å². The van der Waals surface area contributed by atoms with Crippen LogP contribution in [0.25, 0.3) is 11.0 Å². The Morgan fingerprint density at radius 1 is 1.46 bits per heavy atom. The molecule has 0 radical (unpaired) electrons. The molecule has 0 N–H and O–H groups in total. The number of fused-ring (bicyclic) bond motifs is 1. The van der Waals surface area contributed by atoms with Gasteiger partial charge in [-0.15, -0.1) is 0 Å². The van der Waals surface area contributed by atoms with E-state index in [1.165, 1.54) is 0 Å². The summed E-state index contributed by atoms with van der Waals surface area (Å²) in [4.78, 5) is 8.37. The van der Waals surface area contributed by atoms with Gasteiger partial charge in [0, 0.05) is 7.05 Å². The van der Waals surface area contributed by atoms with E-state index in [0.717, 1.165) is 15.6 Å². The van der Waals surface area contributed by atoms with Crippen LogP contribution < -0.4 is 0 Å². The van der Waals surface area contributed by atoms with E-state index in [9.17, 15) is 0 Å². The molecule has 0 saturated heterocycles. The van der Waals surface area contributed by atoms with Gasteiger partial charge in [0.15, 0.2) is 0 Å². The largest absolute Gasteiger partial charge is 0.323 e. The maximum atomic E-state index is 5.96. The molecule has 5 heteroatoms. The molecule has 2 aromatic heterocycles. The van der Waals surface area contributed by atoms with Crippen LogP contribution in [-0.4, -0.2) is 14.5 Å². The van der Waals surface area contributed by atoms with E-state index in [4.69, 9.17) is 11.6 Å². The van der Waals surface area contributed by atoms with E-state index in [0.29, 0.717) is 11.0 Å². The average Bonchev–Trinajstić information content (AvgIpc) is 2.32. The lowest BCUT2D eigenvalue weighted by Crippen LogP contribution is -1.94. The lowest BCUT2D eigenvalue weighted by atomic mass is 10.4. The van der Waals surface area contributed by atoms with E-state index < -0.39 is 0 Å². The first-order chi connectivity index (χ1) is 6.09. The maximum absolute atomic E-state index is 5.96. The number of aryl methyl sites for hydroxylation is 2. The Labute approximate surface area is 88.9 Å². The van der Waals surface area contributed by atoms with Crippen LogP contribution in [0.3, 0.4) is 0 Å². The minimum absolute atomic E-state index is 0.504. The van der Waals surface area contributed by atoms with Crippen LogP contribution in [-0.2, 0) is 7.05 Å². The Morgan fingerprint density at radius 2 is 2.15 bits per heavy atom. The van der Waals surface area contributed by atoms with Crippen molar-refractivity contribution in [3.8, 4) is 0 Å². The Kier molecular flexibility index (Phi) is 2.04. The third-order valence-corrected chi connectivity index (χ3v) is 2.94. The topological polar surface area (TPSA) is 30.7 Å². The Hall–Kier alpha value is -0.610. The molecule has 0 aliphatic heterocycles. The standard InChI is InChI=1S/C8H7BrClN3/c1-4-11-7(10)5-3-6(9)13(2)8(5)12-4/h3H,1-2H3. The summed E-state index contributed by atoms with van der Waals surface area (Å²) in [7, 11) is 1.93. The summed E-state index contributed by atoms with van der Waals surface area (Å²) in [5.74, 6) is 0.686. The molecule has 0 atom stereocenters. The van der Waals surface area contributed by atoms with Crippen LogP contribution in [0.2, 0.25) is 5.15 Å². The van der Waals surface area contributed by atoms with E-state index in [-0.39, 0.29) is 0 Å². The molecule has 0 unspecified atom stereocenters. The Bertz CT molecular complexity index is 478. The second kappa shape index (κ2) is 2.96. The van der Waals surface area contributed by atoms with Crippen LogP contribution in [0.4, 0.5) is 0 Å². The highest BCUT2D eigenvalue weighted by Crippen LogP contribution is 2.26. The molecule has 0 aromatic carbocycles. The summed E-state index contributed by atoms with van der Waals surface area (Å²) < 4.78 is 2.87. The first-order valence-electron chi connectivity index (χ1n) is 3.74. The Balaban J connectivity index is 2.94. The van der Waals surface area contributed by atoms with E-state index in [1.807, 2.05) is 24.6 Å². The van der Waals surface area contributed by atoms with Crippen molar-refractivity contribution >= 4 is 38.6 Å². The van der Waals surface area contributed by atoms with Gasteiger partial charge in [0.05, 0.1) is 9.99 Å². The van der Waals surface area contributed by atoms with Crippen LogP contribution >= 0.6 is 27.5 Å². The van der Waals surface area contributed by atoms with Gasteiger partial charge in [-0.05, 0) is 28.9 Å². The van der Waals surface area contributed by atoms with E-state index in [2.05, 4.69) is 25.9 Å². The van der Waals surface area contributed by atoms with Crippen molar-refractivity contribution in [2.45, 2.75) is 6.92 Å². The van der Waals surface area contributed by atoms with Gasteiger partial charge in [0.25, 0.3) is 0 Å². The predicted molar refractivity (Wildman–Crippen MR) is 56.0 cm³/mol. The molecule has 0 fully saturated rings. The smallest absolute Gasteiger partial charge is 0.145 e. The predicted octanol–water partition coefficient (Wildman–Crippen LogP) is 2.69. The van der Waals surface area contributed by atoms with Gasteiger partial charge < -0.3 is 4.57 Å². The quantitative estimate of drug-likeness (QED) is 0.682. The molecule has 13 heavy (non-hydrogen) atoms. The SMILES string of the molecule is Cc1nc(Cl)c2cc(Br)n(C)c2n1. The van der Waals surface area contributed by atoms with Gasteiger partial charge in [-0.1, -0.05) is 11.6 Å². The van der Waals surface area contributed by atoms with Gasteiger partial charge >= 0.3 is 0 Å². The molecule has 2 rings (SSSR count). The van der Waals surface area contributed by atoms with Crippen molar-refractivity contribution in [2.75, 3.05) is 0 Å². The number of halogens is 2. The fraction of sp³-hybridized carbons (Fsp3) is 0.250. The Morgan fingerprint density at radius 3 is 2.85 bits per heavy atom. The molecule has 2 heterocycles. The van der Waals surface area contributed by atoms with Crippen LogP contribution in [0, 0.1) is 6.92 Å². The molecule has 0 aliphatic rings. The number of aromatic nitrogens is 3. The number of hydrogen-bond acceptors (Lipinski definition) is 2. The van der Waals surface area contributed by atoms with Crippen molar-refractivity contribution in [1.82, 2.24) is 14.5 Å². The minimum Gasteiger partial charge on any atom is -0.323 e. The molecule has 0 aliphatic carbocycles. The average molecular weight is 261 g/mol. The molecule has 0 bridgehead atoms. The summed E-state index contributed by atoms with van der Waals surface area (Å²) in [6, 6.07) is 1.91. The van der Waals surface area contributed by atoms with E-state index in [1.54, 1.807) is 0 Å².